The molecular weight excluding hydrogens is 283 g/mol. The number of benzene rings is 1. The maximum Gasteiger partial charge on any atom is 0.416 e. The first-order valence-corrected chi connectivity index (χ1v) is 6.11. The average molecular weight is 296 g/mol. The predicted molar refractivity (Wildman–Crippen MR) is 66.4 cm³/mol. The number of nitrogens with zero attached hydrogens (tertiary/aromatic N) is 1. The Balaban J connectivity index is 3.36. The molecule has 1 aromatic rings. The highest BCUT2D eigenvalue weighted by molar-refractivity contribution is 6.21. The fraction of sp³-hybridized carbons (Fsp3) is 0.500. The number of halogens is 4. The predicted octanol–water partition coefficient (Wildman–Crippen LogP) is 4.73. The van der Waals surface area contributed by atoms with E-state index in [9.17, 15) is 23.3 Å². The van der Waals surface area contributed by atoms with Crippen LogP contribution in [0.4, 0.5) is 18.9 Å². The highest BCUT2D eigenvalue weighted by Gasteiger charge is 2.37. The molecule has 0 fully saturated rings. The normalized spacial score (nSPS) is 15.1. The maximum absolute atomic E-state index is 13.0. The van der Waals surface area contributed by atoms with Crippen molar-refractivity contribution in [1.82, 2.24) is 0 Å². The standard InChI is InChI=1S/C12H13ClF3NO2/c1-3-11(13)7(2)9-5-4-8(17(18)19)6-10(9)12(14,15)16/h4-7,11H,3H2,1-2H3. The molecule has 0 spiro atoms. The summed E-state index contributed by atoms with van der Waals surface area (Å²) >= 11 is 5.97. The van der Waals surface area contributed by atoms with Gasteiger partial charge in [-0.3, -0.25) is 10.1 Å². The zero-order chi connectivity index (χ0) is 14.8. The van der Waals surface area contributed by atoms with Crippen LogP contribution in [0.5, 0.6) is 0 Å². The molecule has 0 N–H and O–H groups in total. The van der Waals surface area contributed by atoms with Gasteiger partial charge in [-0.25, -0.2) is 0 Å². The van der Waals surface area contributed by atoms with Gasteiger partial charge in [-0.15, -0.1) is 11.6 Å². The molecule has 1 aromatic carbocycles. The van der Waals surface area contributed by atoms with E-state index in [0.29, 0.717) is 12.5 Å². The van der Waals surface area contributed by atoms with Crippen LogP contribution in [0.3, 0.4) is 0 Å². The maximum atomic E-state index is 13.0. The molecule has 2 atom stereocenters. The van der Waals surface area contributed by atoms with Crippen molar-refractivity contribution in [2.75, 3.05) is 0 Å². The monoisotopic (exact) mass is 295 g/mol. The number of hydrogen-bond acceptors (Lipinski definition) is 2. The quantitative estimate of drug-likeness (QED) is 0.457. The molecule has 0 saturated carbocycles. The fourth-order valence-corrected chi connectivity index (χ4v) is 1.98. The molecule has 19 heavy (non-hydrogen) atoms. The van der Waals surface area contributed by atoms with Crippen molar-refractivity contribution in [3.63, 3.8) is 0 Å². The van der Waals surface area contributed by atoms with E-state index in [1.54, 1.807) is 13.8 Å². The number of rotatable bonds is 4. The lowest BCUT2D eigenvalue weighted by Gasteiger charge is -2.21. The first-order chi connectivity index (χ1) is 8.68. The molecule has 106 valence electrons. The van der Waals surface area contributed by atoms with Gasteiger partial charge in [0.2, 0.25) is 0 Å². The molecule has 0 aliphatic rings. The molecule has 0 amide bonds. The van der Waals surface area contributed by atoms with Crippen molar-refractivity contribution in [2.24, 2.45) is 0 Å². The Bertz CT molecular complexity index is 477. The minimum absolute atomic E-state index is 0.0139. The van der Waals surface area contributed by atoms with Crippen LogP contribution < -0.4 is 0 Å². The smallest absolute Gasteiger partial charge is 0.258 e. The molecule has 0 bridgehead atoms. The van der Waals surface area contributed by atoms with Crippen LogP contribution in [0.1, 0.15) is 37.3 Å². The first-order valence-electron chi connectivity index (χ1n) is 5.68. The summed E-state index contributed by atoms with van der Waals surface area (Å²) in [4.78, 5) is 9.72. The number of nitro benzene ring substituents is 1. The molecule has 2 unspecified atom stereocenters. The highest BCUT2D eigenvalue weighted by atomic mass is 35.5. The van der Waals surface area contributed by atoms with Gasteiger partial charge in [0.15, 0.2) is 0 Å². The molecule has 0 aliphatic carbocycles. The molecule has 0 radical (unpaired) electrons. The van der Waals surface area contributed by atoms with Gasteiger partial charge in [0.1, 0.15) is 0 Å². The average Bonchev–Trinajstić information content (AvgIpc) is 2.35. The highest BCUT2D eigenvalue weighted by Crippen LogP contribution is 2.39. The van der Waals surface area contributed by atoms with Crippen LogP contribution >= 0.6 is 11.6 Å². The zero-order valence-corrected chi connectivity index (χ0v) is 11.1. The summed E-state index contributed by atoms with van der Waals surface area (Å²) in [6, 6.07) is 2.77. The van der Waals surface area contributed by atoms with Gasteiger partial charge in [-0.2, -0.15) is 13.2 Å². The van der Waals surface area contributed by atoms with Crippen molar-refractivity contribution in [1.29, 1.82) is 0 Å². The summed E-state index contributed by atoms with van der Waals surface area (Å²) in [5.74, 6) is -0.538. The summed E-state index contributed by atoms with van der Waals surface area (Å²) in [6.07, 6.45) is -4.13. The molecule has 7 heteroatoms. The van der Waals surface area contributed by atoms with Gasteiger partial charge >= 0.3 is 6.18 Å². The van der Waals surface area contributed by atoms with Crippen LogP contribution in [0.25, 0.3) is 0 Å². The van der Waals surface area contributed by atoms with Gasteiger partial charge in [0, 0.05) is 17.5 Å². The Hall–Kier alpha value is -1.30. The minimum Gasteiger partial charge on any atom is -0.258 e. The number of nitro groups is 1. The lowest BCUT2D eigenvalue weighted by molar-refractivity contribution is -0.385. The molecule has 0 saturated heterocycles. The molecule has 3 nitrogen and oxygen atoms in total. The van der Waals surface area contributed by atoms with Gasteiger partial charge in [0.05, 0.1) is 10.5 Å². The largest absolute Gasteiger partial charge is 0.416 e. The van der Waals surface area contributed by atoms with Gasteiger partial charge in [-0.1, -0.05) is 19.9 Å². The van der Waals surface area contributed by atoms with Gasteiger partial charge < -0.3 is 0 Å². The second-order valence-corrected chi connectivity index (χ2v) is 4.80. The summed E-state index contributed by atoms with van der Waals surface area (Å²) in [5, 5.41) is 10.1. The molecule has 0 aromatic heterocycles. The summed E-state index contributed by atoms with van der Waals surface area (Å²) in [6.45, 7) is 3.35. The number of non-ortho nitro benzene ring substituents is 1. The van der Waals surface area contributed by atoms with Crippen LogP contribution in [0.15, 0.2) is 18.2 Å². The van der Waals surface area contributed by atoms with Crippen molar-refractivity contribution < 1.29 is 18.1 Å². The van der Waals surface area contributed by atoms with E-state index in [4.69, 9.17) is 11.6 Å². The topological polar surface area (TPSA) is 43.1 Å². The van der Waals surface area contributed by atoms with E-state index in [0.717, 1.165) is 12.1 Å². The second-order valence-electron chi connectivity index (χ2n) is 4.24. The SMILES string of the molecule is CCC(Cl)C(C)c1ccc([N+](=O)[O-])cc1C(F)(F)F. The van der Waals surface area contributed by atoms with Gasteiger partial charge in [-0.05, 0) is 17.9 Å². The molecule has 0 heterocycles. The zero-order valence-electron chi connectivity index (χ0n) is 10.4. The van der Waals surface area contributed by atoms with Crippen molar-refractivity contribution in [3.05, 3.63) is 39.4 Å². The van der Waals surface area contributed by atoms with Crippen molar-refractivity contribution in [2.45, 2.75) is 37.7 Å². The Morgan fingerprint density at radius 2 is 2.00 bits per heavy atom. The molecule has 0 aliphatic heterocycles. The van der Waals surface area contributed by atoms with Crippen LogP contribution in [-0.4, -0.2) is 10.3 Å². The van der Waals surface area contributed by atoms with E-state index >= 15 is 0 Å². The third kappa shape index (κ3) is 3.59. The van der Waals surface area contributed by atoms with Crippen molar-refractivity contribution in [3.8, 4) is 0 Å². The van der Waals surface area contributed by atoms with E-state index < -0.39 is 33.6 Å². The molecule has 1 rings (SSSR count). The Morgan fingerprint density at radius 3 is 2.42 bits per heavy atom. The van der Waals surface area contributed by atoms with E-state index in [-0.39, 0.29) is 5.56 Å². The van der Waals surface area contributed by atoms with E-state index in [1.165, 1.54) is 0 Å². The Labute approximate surface area is 113 Å². The lowest BCUT2D eigenvalue weighted by atomic mass is 9.91. The van der Waals surface area contributed by atoms with E-state index in [2.05, 4.69) is 0 Å². The van der Waals surface area contributed by atoms with Crippen molar-refractivity contribution >= 4 is 17.3 Å². The third-order valence-corrected chi connectivity index (χ3v) is 3.66. The molecular formula is C12H13ClF3NO2. The van der Waals surface area contributed by atoms with Gasteiger partial charge in [0.25, 0.3) is 5.69 Å². The summed E-state index contributed by atoms with van der Waals surface area (Å²) in [7, 11) is 0. The van der Waals surface area contributed by atoms with Crippen LogP contribution in [-0.2, 0) is 6.18 Å². The number of hydrogen-bond donors (Lipinski definition) is 0. The summed E-state index contributed by atoms with van der Waals surface area (Å²) < 4.78 is 38.9. The first kappa shape index (κ1) is 15.8. The lowest BCUT2D eigenvalue weighted by Crippen LogP contribution is -2.16. The van der Waals surface area contributed by atoms with E-state index in [1.807, 2.05) is 0 Å². The fourth-order valence-electron chi connectivity index (χ4n) is 1.85. The summed E-state index contributed by atoms with van der Waals surface area (Å²) in [5.41, 5.74) is -1.58. The number of alkyl halides is 4. The Morgan fingerprint density at radius 1 is 1.42 bits per heavy atom. The third-order valence-electron chi connectivity index (χ3n) is 2.98. The second kappa shape index (κ2) is 5.77. The minimum atomic E-state index is -4.64. The van der Waals surface area contributed by atoms with Crippen LogP contribution in [0.2, 0.25) is 0 Å². The van der Waals surface area contributed by atoms with Crippen LogP contribution in [0, 0.1) is 10.1 Å². The Kier molecular flexibility index (Phi) is 4.79.